The molecule has 3 rings (SSSR count). The third-order valence-electron chi connectivity index (χ3n) is 4.12. The minimum atomic E-state index is 0.188. The summed E-state index contributed by atoms with van der Waals surface area (Å²) in [6.07, 6.45) is 2.39. The first kappa shape index (κ1) is 12.3. The molecule has 1 N–H and O–H groups in total. The quantitative estimate of drug-likeness (QED) is 0.834. The number of carbonyl (C=O) groups excluding carboxylic acids is 1. The molecule has 0 unspecified atom stereocenters. The minimum absolute atomic E-state index is 0.188. The first-order valence-corrected chi connectivity index (χ1v) is 7.12. The molecule has 0 saturated carbocycles. The number of amides is 1. The van der Waals surface area contributed by atoms with Gasteiger partial charge in [-0.15, -0.1) is 0 Å². The van der Waals surface area contributed by atoms with Gasteiger partial charge in [0.1, 0.15) is 0 Å². The van der Waals surface area contributed by atoms with E-state index in [1.807, 2.05) is 4.90 Å². The molecule has 19 heavy (non-hydrogen) atoms. The third kappa shape index (κ3) is 2.39. The molecule has 1 aromatic carbocycles. The van der Waals surface area contributed by atoms with Gasteiger partial charge in [-0.25, -0.2) is 0 Å². The van der Waals surface area contributed by atoms with E-state index in [-0.39, 0.29) is 5.91 Å². The molecule has 1 saturated heterocycles. The molecule has 1 aromatic rings. The van der Waals surface area contributed by atoms with Crippen molar-refractivity contribution in [1.29, 1.82) is 0 Å². The summed E-state index contributed by atoms with van der Waals surface area (Å²) in [5, 5.41) is 3.54. The van der Waals surface area contributed by atoms with Crippen molar-refractivity contribution in [2.24, 2.45) is 0 Å². The van der Waals surface area contributed by atoms with E-state index in [2.05, 4.69) is 28.4 Å². The van der Waals surface area contributed by atoms with Crippen molar-refractivity contribution in [3.05, 3.63) is 23.8 Å². The van der Waals surface area contributed by atoms with E-state index in [1.54, 1.807) is 6.92 Å². The van der Waals surface area contributed by atoms with Crippen LogP contribution in [0.1, 0.15) is 18.9 Å². The monoisotopic (exact) mass is 259 g/mol. The van der Waals surface area contributed by atoms with E-state index in [9.17, 15) is 4.79 Å². The van der Waals surface area contributed by atoms with Crippen LogP contribution < -0.4 is 10.2 Å². The molecule has 4 nitrogen and oxygen atoms in total. The second-order valence-electron chi connectivity index (χ2n) is 5.33. The number of piperazine rings is 1. The Balaban J connectivity index is 1.78. The molecule has 1 fully saturated rings. The van der Waals surface area contributed by atoms with Crippen molar-refractivity contribution in [2.45, 2.75) is 19.8 Å². The van der Waals surface area contributed by atoms with Crippen molar-refractivity contribution in [3.8, 4) is 0 Å². The van der Waals surface area contributed by atoms with Gasteiger partial charge in [0.25, 0.3) is 0 Å². The van der Waals surface area contributed by atoms with Gasteiger partial charge in [0, 0.05) is 39.6 Å². The number of nitrogens with one attached hydrogen (secondary N) is 1. The Kier molecular flexibility index (Phi) is 3.32. The number of para-hydroxylation sites is 1. The van der Waals surface area contributed by atoms with Crippen LogP contribution in [0.25, 0.3) is 0 Å². The number of aryl methyl sites for hydroxylation is 1. The van der Waals surface area contributed by atoms with Crippen LogP contribution in [0.3, 0.4) is 0 Å². The molecular formula is C15H21N3O. The number of nitrogens with zero attached hydrogens (tertiary/aromatic N) is 2. The summed E-state index contributed by atoms with van der Waals surface area (Å²) in [6.45, 7) is 6.24. The Hall–Kier alpha value is -1.71. The van der Waals surface area contributed by atoms with E-state index in [0.717, 1.165) is 32.7 Å². The maximum absolute atomic E-state index is 11.4. The van der Waals surface area contributed by atoms with Crippen LogP contribution in [-0.2, 0) is 11.2 Å². The average molecular weight is 259 g/mol. The van der Waals surface area contributed by atoms with Crippen LogP contribution in [0.4, 0.5) is 11.4 Å². The maximum Gasteiger partial charge on any atom is 0.219 e. The van der Waals surface area contributed by atoms with Crippen molar-refractivity contribution >= 4 is 17.3 Å². The largest absolute Gasteiger partial charge is 0.383 e. The second-order valence-corrected chi connectivity index (χ2v) is 5.33. The van der Waals surface area contributed by atoms with E-state index in [4.69, 9.17) is 0 Å². The predicted molar refractivity (Wildman–Crippen MR) is 77.7 cm³/mol. The number of hydrogen-bond donors (Lipinski definition) is 1. The number of rotatable bonds is 1. The van der Waals surface area contributed by atoms with Gasteiger partial charge in [0.15, 0.2) is 0 Å². The molecule has 0 spiro atoms. The van der Waals surface area contributed by atoms with Crippen LogP contribution in [-0.4, -0.2) is 43.5 Å². The van der Waals surface area contributed by atoms with Gasteiger partial charge in [-0.1, -0.05) is 12.1 Å². The highest BCUT2D eigenvalue weighted by Crippen LogP contribution is 2.33. The summed E-state index contributed by atoms with van der Waals surface area (Å²) in [6, 6.07) is 6.57. The first-order chi connectivity index (χ1) is 9.25. The fourth-order valence-corrected chi connectivity index (χ4v) is 3.02. The zero-order valence-corrected chi connectivity index (χ0v) is 11.5. The van der Waals surface area contributed by atoms with E-state index in [0.29, 0.717) is 0 Å². The molecule has 0 bridgehead atoms. The lowest BCUT2D eigenvalue weighted by atomic mass is 10.0. The number of hydrogen-bond acceptors (Lipinski definition) is 3. The summed E-state index contributed by atoms with van der Waals surface area (Å²) in [4.78, 5) is 15.7. The normalized spacial score (nSPS) is 18.8. The van der Waals surface area contributed by atoms with Gasteiger partial charge in [-0.05, 0) is 24.5 Å². The average Bonchev–Trinajstić information content (AvgIpc) is 2.47. The highest BCUT2D eigenvalue weighted by molar-refractivity contribution is 5.76. The zero-order chi connectivity index (χ0) is 13.2. The van der Waals surface area contributed by atoms with E-state index in [1.165, 1.54) is 29.8 Å². The SMILES string of the molecule is CC(=O)N1CCN(c2cccc3c2NCCC3)CC1. The zero-order valence-electron chi connectivity index (χ0n) is 11.5. The van der Waals surface area contributed by atoms with Crippen LogP contribution in [0, 0.1) is 0 Å². The molecule has 0 aromatic heterocycles. The smallest absolute Gasteiger partial charge is 0.219 e. The topological polar surface area (TPSA) is 35.6 Å². The first-order valence-electron chi connectivity index (χ1n) is 7.12. The Labute approximate surface area is 114 Å². The summed E-state index contributed by atoms with van der Waals surface area (Å²) in [7, 11) is 0. The number of anilines is 2. The molecule has 4 heteroatoms. The lowest BCUT2D eigenvalue weighted by Crippen LogP contribution is -2.48. The van der Waals surface area contributed by atoms with Crippen molar-refractivity contribution in [2.75, 3.05) is 42.9 Å². The second kappa shape index (κ2) is 5.11. The minimum Gasteiger partial charge on any atom is -0.383 e. The Morgan fingerprint density at radius 3 is 2.74 bits per heavy atom. The molecule has 1 amide bonds. The Morgan fingerprint density at radius 1 is 1.21 bits per heavy atom. The molecule has 102 valence electrons. The summed E-state index contributed by atoms with van der Waals surface area (Å²) < 4.78 is 0. The number of carbonyl (C=O) groups is 1. The lowest BCUT2D eigenvalue weighted by molar-refractivity contribution is -0.129. The Bertz CT molecular complexity index is 478. The van der Waals surface area contributed by atoms with Gasteiger partial charge in [0.2, 0.25) is 5.91 Å². The molecule has 0 radical (unpaired) electrons. The van der Waals surface area contributed by atoms with Crippen molar-refractivity contribution < 1.29 is 4.79 Å². The van der Waals surface area contributed by atoms with Crippen molar-refractivity contribution in [1.82, 2.24) is 4.90 Å². The fraction of sp³-hybridized carbons (Fsp3) is 0.533. The predicted octanol–water partition coefficient (Wildman–Crippen LogP) is 1.71. The number of benzene rings is 1. The molecule has 2 aliphatic rings. The molecule has 2 aliphatic heterocycles. The number of fused-ring (bicyclic) bond motifs is 1. The fourth-order valence-electron chi connectivity index (χ4n) is 3.02. The third-order valence-corrected chi connectivity index (χ3v) is 4.12. The van der Waals surface area contributed by atoms with Crippen LogP contribution in [0.2, 0.25) is 0 Å². The molecule has 0 aliphatic carbocycles. The van der Waals surface area contributed by atoms with Gasteiger partial charge >= 0.3 is 0 Å². The maximum atomic E-state index is 11.4. The molecule has 2 heterocycles. The van der Waals surface area contributed by atoms with E-state index < -0.39 is 0 Å². The van der Waals surface area contributed by atoms with Gasteiger partial charge in [0.05, 0.1) is 11.4 Å². The van der Waals surface area contributed by atoms with E-state index >= 15 is 0 Å². The molecular weight excluding hydrogens is 238 g/mol. The van der Waals surface area contributed by atoms with Gasteiger partial charge in [-0.2, -0.15) is 0 Å². The van der Waals surface area contributed by atoms with Crippen LogP contribution in [0.15, 0.2) is 18.2 Å². The highest BCUT2D eigenvalue weighted by Gasteiger charge is 2.22. The lowest BCUT2D eigenvalue weighted by Gasteiger charge is -2.37. The van der Waals surface area contributed by atoms with Crippen molar-refractivity contribution in [3.63, 3.8) is 0 Å². The van der Waals surface area contributed by atoms with Gasteiger partial charge in [-0.3, -0.25) is 4.79 Å². The summed E-state index contributed by atoms with van der Waals surface area (Å²) in [5.74, 6) is 0.188. The van der Waals surface area contributed by atoms with Crippen LogP contribution in [0.5, 0.6) is 0 Å². The highest BCUT2D eigenvalue weighted by atomic mass is 16.2. The van der Waals surface area contributed by atoms with Gasteiger partial charge < -0.3 is 15.1 Å². The molecule has 0 atom stereocenters. The summed E-state index contributed by atoms with van der Waals surface area (Å²) in [5.41, 5.74) is 4.04. The van der Waals surface area contributed by atoms with Crippen LogP contribution >= 0.6 is 0 Å². The summed E-state index contributed by atoms with van der Waals surface area (Å²) >= 11 is 0. The Morgan fingerprint density at radius 2 is 2.00 bits per heavy atom. The standard InChI is InChI=1S/C15H21N3O/c1-12(19)17-8-10-18(11-9-17)14-6-2-4-13-5-3-7-16-15(13)14/h2,4,6,16H,3,5,7-11H2,1H3.